The van der Waals surface area contributed by atoms with Crippen LogP contribution in [-0.2, 0) is 5.75 Å². The van der Waals surface area contributed by atoms with Gasteiger partial charge in [0.25, 0.3) is 0 Å². The van der Waals surface area contributed by atoms with E-state index < -0.39 is 0 Å². The molecule has 0 spiro atoms. The Hall–Kier alpha value is -1.82. The summed E-state index contributed by atoms with van der Waals surface area (Å²) in [5.41, 5.74) is 8.19. The molecule has 106 valence electrons. The largest absolute Gasteiger partial charge is 0.463 e. The summed E-state index contributed by atoms with van der Waals surface area (Å²) in [6, 6.07) is 8.54. The van der Waals surface area contributed by atoms with Gasteiger partial charge in [-0.3, -0.25) is 0 Å². The molecule has 2 aromatic rings. The highest BCUT2D eigenvalue weighted by Gasteiger charge is 2.07. The summed E-state index contributed by atoms with van der Waals surface area (Å²) in [7, 11) is 0. The third-order valence-corrected chi connectivity index (χ3v) is 3.56. The van der Waals surface area contributed by atoms with Crippen molar-refractivity contribution in [2.45, 2.75) is 31.2 Å². The zero-order chi connectivity index (χ0) is 14.4. The number of rotatable bonds is 6. The Labute approximate surface area is 123 Å². The van der Waals surface area contributed by atoms with Crippen molar-refractivity contribution in [2.75, 3.05) is 12.3 Å². The smallest absolute Gasteiger partial charge is 0.322 e. The Morgan fingerprint density at radius 2 is 2.00 bits per heavy atom. The summed E-state index contributed by atoms with van der Waals surface area (Å²) in [5.74, 6) is 0.988. The van der Waals surface area contributed by atoms with Gasteiger partial charge in [-0.15, -0.1) is 0 Å². The van der Waals surface area contributed by atoms with Crippen molar-refractivity contribution in [1.29, 1.82) is 0 Å². The van der Waals surface area contributed by atoms with Gasteiger partial charge >= 0.3 is 6.01 Å². The molecule has 0 bridgehead atoms. The molecule has 0 aliphatic rings. The fourth-order valence-electron chi connectivity index (χ4n) is 1.59. The predicted octanol–water partition coefficient (Wildman–Crippen LogP) is 2.84. The number of anilines is 1. The van der Waals surface area contributed by atoms with E-state index in [1.807, 2.05) is 19.1 Å². The maximum absolute atomic E-state index is 5.67. The van der Waals surface area contributed by atoms with E-state index in [0.717, 1.165) is 12.2 Å². The van der Waals surface area contributed by atoms with E-state index >= 15 is 0 Å². The highest BCUT2D eigenvalue weighted by Crippen LogP contribution is 2.22. The van der Waals surface area contributed by atoms with Crippen molar-refractivity contribution in [1.82, 2.24) is 15.0 Å². The number of nitrogens with zero attached hydrogens (tertiary/aromatic N) is 3. The molecule has 2 rings (SSSR count). The quantitative estimate of drug-likeness (QED) is 0.825. The number of nitrogen functional groups attached to an aromatic ring is 1. The van der Waals surface area contributed by atoms with Crippen molar-refractivity contribution in [3.63, 3.8) is 0 Å². The number of ether oxygens (including phenoxy) is 1. The van der Waals surface area contributed by atoms with Crippen LogP contribution in [0, 0.1) is 6.92 Å². The highest BCUT2D eigenvalue weighted by atomic mass is 32.2. The molecule has 0 aliphatic heterocycles. The average molecular weight is 290 g/mol. The first-order chi connectivity index (χ1) is 9.69. The molecular weight excluding hydrogens is 272 g/mol. The summed E-state index contributed by atoms with van der Waals surface area (Å²) in [6.45, 7) is 4.69. The molecule has 0 radical (unpaired) electrons. The molecular formula is C14H18N4OS. The van der Waals surface area contributed by atoms with Gasteiger partial charge in [-0.1, -0.05) is 43.0 Å². The van der Waals surface area contributed by atoms with Crippen molar-refractivity contribution in [3.8, 4) is 6.01 Å². The van der Waals surface area contributed by atoms with Crippen LogP contribution in [-0.4, -0.2) is 21.6 Å². The third kappa shape index (κ3) is 4.09. The lowest BCUT2D eigenvalue weighted by Gasteiger charge is -2.06. The van der Waals surface area contributed by atoms with E-state index in [0.29, 0.717) is 17.8 Å². The van der Waals surface area contributed by atoms with Crippen LogP contribution >= 0.6 is 11.8 Å². The Balaban J connectivity index is 2.05. The van der Waals surface area contributed by atoms with Gasteiger partial charge in [0, 0.05) is 5.75 Å². The number of thioether (sulfide) groups is 1. The van der Waals surface area contributed by atoms with E-state index in [9.17, 15) is 0 Å². The molecule has 0 atom stereocenters. The minimum absolute atomic E-state index is 0.193. The van der Waals surface area contributed by atoms with Crippen LogP contribution in [0.25, 0.3) is 0 Å². The minimum atomic E-state index is 0.193. The molecule has 1 aromatic heterocycles. The van der Waals surface area contributed by atoms with Crippen LogP contribution in [0.2, 0.25) is 0 Å². The first-order valence-electron chi connectivity index (χ1n) is 6.50. The van der Waals surface area contributed by atoms with Gasteiger partial charge < -0.3 is 10.5 Å². The molecule has 1 heterocycles. The number of aryl methyl sites for hydroxylation is 1. The summed E-state index contributed by atoms with van der Waals surface area (Å²) >= 11 is 1.53. The average Bonchev–Trinajstić information content (AvgIpc) is 2.44. The minimum Gasteiger partial charge on any atom is -0.463 e. The Kier molecular flexibility index (Phi) is 5.17. The Morgan fingerprint density at radius 1 is 1.20 bits per heavy atom. The van der Waals surface area contributed by atoms with Gasteiger partial charge in [0.1, 0.15) is 0 Å². The van der Waals surface area contributed by atoms with Crippen LogP contribution in [0.1, 0.15) is 24.5 Å². The maximum atomic E-state index is 5.67. The number of benzene rings is 1. The zero-order valence-electron chi connectivity index (χ0n) is 11.7. The van der Waals surface area contributed by atoms with Gasteiger partial charge in [0.15, 0.2) is 5.16 Å². The third-order valence-electron chi connectivity index (χ3n) is 2.66. The van der Waals surface area contributed by atoms with Crippen LogP contribution < -0.4 is 10.5 Å². The van der Waals surface area contributed by atoms with Gasteiger partial charge in [0.2, 0.25) is 5.95 Å². The van der Waals surface area contributed by atoms with Crippen molar-refractivity contribution < 1.29 is 4.74 Å². The number of hydrogen-bond donors (Lipinski definition) is 1. The SMILES string of the molecule is CCCOc1nc(N)nc(SCc2ccccc2C)n1. The van der Waals surface area contributed by atoms with Crippen LogP contribution in [0.4, 0.5) is 5.95 Å². The molecule has 0 saturated carbocycles. The summed E-state index contributed by atoms with van der Waals surface area (Å²) in [5, 5.41) is 0.590. The molecule has 2 N–H and O–H groups in total. The summed E-state index contributed by atoms with van der Waals surface area (Å²) in [6.07, 6.45) is 0.900. The second-order valence-electron chi connectivity index (χ2n) is 4.32. The first-order valence-corrected chi connectivity index (χ1v) is 7.49. The Morgan fingerprint density at radius 3 is 2.75 bits per heavy atom. The van der Waals surface area contributed by atoms with E-state index in [1.165, 1.54) is 22.9 Å². The van der Waals surface area contributed by atoms with Crippen molar-refractivity contribution in [3.05, 3.63) is 35.4 Å². The molecule has 0 unspecified atom stereocenters. The standard InChI is InChI=1S/C14H18N4OS/c1-3-8-19-13-16-12(15)17-14(18-13)20-9-11-7-5-4-6-10(11)2/h4-7H,3,8-9H2,1-2H3,(H2,15,16,17,18). The first kappa shape index (κ1) is 14.6. The second-order valence-corrected chi connectivity index (χ2v) is 5.26. The highest BCUT2D eigenvalue weighted by molar-refractivity contribution is 7.98. The molecule has 6 heteroatoms. The normalized spacial score (nSPS) is 10.5. The van der Waals surface area contributed by atoms with Crippen LogP contribution in [0.15, 0.2) is 29.4 Å². The number of aromatic nitrogens is 3. The number of hydrogen-bond acceptors (Lipinski definition) is 6. The fraction of sp³-hybridized carbons (Fsp3) is 0.357. The van der Waals surface area contributed by atoms with Gasteiger partial charge in [-0.05, 0) is 24.5 Å². The van der Waals surface area contributed by atoms with E-state index in [4.69, 9.17) is 10.5 Å². The molecule has 1 aromatic carbocycles. The lowest BCUT2D eigenvalue weighted by atomic mass is 10.1. The Bertz CT molecular complexity index is 577. The summed E-state index contributed by atoms with van der Waals surface area (Å²) in [4.78, 5) is 12.3. The monoisotopic (exact) mass is 290 g/mol. The van der Waals surface area contributed by atoms with E-state index in [1.54, 1.807) is 0 Å². The van der Waals surface area contributed by atoms with E-state index in [-0.39, 0.29) is 5.95 Å². The van der Waals surface area contributed by atoms with Crippen molar-refractivity contribution in [2.24, 2.45) is 0 Å². The number of nitrogens with two attached hydrogens (primary N) is 1. The maximum Gasteiger partial charge on any atom is 0.322 e. The molecule has 0 saturated heterocycles. The second kappa shape index (κ2) is 7.09. The molecule has 5 nitrogen and oxygen atoms in total. The molecule has 0 aliphatic carbocycles. The van der Waals surface area contributed by atoms with Gasteiger partial charge in [-0.2, -0.15) is 15.0 Å². The topological polar surface area (TPSA) is 73.9 Å². The lowest BCUT2D eigenvalue weighted by Crippen LogP contribution is -2.05. The van der Waals surface area contributed by atoms with Gasteiger partial charge in [-0.25, -0.2) is 0 Å². The van der Waals surface area contributed by atoms with Crippen molar-refractivity contribution >= 4 is 17.7 Å². The predicted molar refractivity (Wildman–Crippen MR) is 80.8 cm³/mol. The molecule has 0 fully saturated rings. The van der Waals surface area contributed by atoms with E-state index in [2.05, 4.69) is 34.0 Å². The van der Waals surface area contributed by atoms with Gasteiger partial charge in [0.05, 0.1) is 6.61 Å². The molecule has 20 heavy (non-hydrogen) atoms. The van der Waals surface area contributed by atoms with Crippen LogP contribution in [0.5, 0.6) is 6.01 Å². The fourth-order valence-corrected chi connectivity index (χ4v) is 2.50. The molecule has 0 amide bonds. The zero-order valence-corrected chi connectivity index (χ0v) is 12.5. The summed E-state index contributed by atoms with van der Waals surface area (Å²) < 4.78 is 5.40. The lowest BCUT2D eigenvalue weighted by molar-refractivity contribution is 0.288. The van der Waals surface area contributed by atoms with Crippen LogP contribution in [0.3, 0.4) is 0 Å².